The van der Waals surface area contributed by atoms with Crippen LogP contribution in [0, 0.1) is 5.41 Å². The molecule has 2 amide bonds. The molecule has 2 aliphatic carbocycles. The number of aryl methyl sites for hydroxylation is 4. The number of fused-ring (bicyclic) bond motifs is 2. The van der Waals surface area contributed by atoms with Gasteiger partial charge in [0.25, 0.3) is 0 Å². The van der Waals surface area contributed by atoms with Crippen LogP contribution >= 0.6 is 0 Å². The molecular weight excluding hydrogens is 879 g/mol. The van der Waals surface area contributed by atoms with E-state index in [0.29, 0.717) is 79.3 Å². The lowest BCUT2D eigenvalue weighted by Gasteiger charge is -2.33. The van der Waals surface area contributed by atoms with Crippen molar-refractivity contribution >= 4 is 24.0 Å². The molecule has 4 rings (SSSR count). The Kier molecular flexibility index (Phi) is 26.1. The predicted octanol–water partition coefficient (Wildman–Crippen LogP) is 6.84. The van der Waals surface area contributed by atoms with Crippen LogP contribution in [0.4, 0.5) is 0 Å². The van der Waals surface area contributed by atoms with Crippen LogP contribution in [-0.2, 0) is 77.9 Å². The van der Waals surface area contributed by atoms with Crippen LogP contribution < -0.4 is 16.4 Å². The molecule has 2 aromatic rings. The maximum absolute atomic E-state index is 12.5. The van der Waals surface area contributed by atoms with Crippen molar-refractivity contribution in [3.63, 3.8) is 0 Å². The molecule has 0 saturated heterocycles. The van der Waals surface area contributed by atoms with Crippen LogP contribution in [-0.4, -0.2) is 146 Å². The van der Waals surface area contributed by atoms with Gasteiger partial charge in [0.2, 0.25) is 11.8 Å². The van der Waals surface area contributed by atoms with Crippen molar-refractivity contribution in [3.8, 4) is 0 Å². The molecule has 388 valence electrons. The topological polar surface area (TPSA) is 167 Å². The molecule has 0 fully saturated rings. The molecule has 0 aliphatic heterocycles. The maximum Gasteiger partial charge on any atom is 0.244 e. The van der Waals surface area contributed by atoms with Crippen molar-refractivity contribution in [1.82, 2.24) is 10.6 Å². The molecule has 4 N–H and O–H groups in total. The Morgan fingerprint density at radius 2 is 0.841 bits per heavy atom. The van der Waals surface area contributed by atoms with Gasteiger partial charge in [0.05, 0.1) is 116 Å². The molecule has 14 nitrogen and oxygen atoms in total. The Bertz CT molecular complexity index is 1760. The molecule has 9 unspecified atom stereocenters. The third kappa shape index (κ3) is 23.0. The second-order valence-corrected chi connectivity index (χ2v) is 19.8. The summed E-state index contributed by atoms with van der Waals surface area (Å²) in [6, 6.07) is 12.3. The largest absolute Gasteiger partial charge is 0.378 e. The number of ether oxygens (including phenoxy) is 9. The van der Waals surface area contributed by atoms with E-state index < -0.39 is 5.41 Å². The lowest BCUT2D eigenvalue weighted by atomic mass is 9.87. The fraction of sp³-hybridized carbons (Fsp3) is 0.673. The first-order chi connectivity index (χ1) is 33.0. The Hall–Kier alpha value is -3.54. The third-order valence-corrected chi connectivity index (χ3v) is 12.2. The predicted molar refractivity (Wildman–Crippen MR) is 272 cm³/mol. The maximum atomic E-state index is 12.5. The Morgan fingerprint density at radius 3 is 1.16 bits per heavy atom. The second-order valence-electron chi connectivity index (χ2n) is 19.8. The summed E-state index contributed by atoms with van der Waals surface area (Å²) in [5.41, 5.74) is 13.0. The Balaban J connectivity index is 1.15. The summed E-state index contributed by atoms with van der Waals surface area (Å²) in [7, 11) is 0. The molecule has 2 aromatic carbocycles. The SMILES string of the molecule is CCC(COCC(C)OCC(C)OCC(C)N)(COCC(C)OCC(C)OCC(C)NC(=O)/C=C/c1ccc2c(c1)CC2)COCC(C)OCC(C)OCC(C)NC(=O)/C=C/c1ccc2c(c1)CC2. The number of rotatable bonds is 37. The van der Waals surface area contributed by atoms with Gasteiger partial charge in [-0.1, -0.05) is 43.3 Å². The van der Waals surface area contributed by atoms with Crippen molar-refractivity contribution in [3.05, 3.63) is 81.9 Å². The van der Waals surface area contributed by atoms with Crippen LogP contribution in [0.1, 0.15) is 109 Å². The van der Waals surface area contributed by atoms with Crippen LogP contribution in [0.3, 0.4) is 0 Å². The number of carbonyl (C=O) groups excluding carboxylic acids is 2. The van der Waals surface area contributed by atoms with Gasteiger partial charge in [-0.2, -0.15) is 0 Å². The smallest absolute Gasteiger partial charge is 0.244 e. The van der Waals surface area contributed by atoms with Crippen molar-refractivity contribution in [2.75, 3.05) is 79.3 Å². The highest BCUT2D eigenvalue weighted by molar-refractivity contribution is 5.92. The minimum Gasteiger partial charge on any atom is -0.378 e. The second kappa shape index (κ2) is 31.0. The molecule has 0 bridgehead atoms. The van der Waals surface area contributed by atoms with Crippen LogP contribution in [0.25, 0.3) is 12.2 Å². The van der Waals surface area contributed by atoms with Gasteiger partial charge in [0.1, 0.15) is 0 Å². The third-order valence-electron chi connectivity index (χ3n) is 12.2. The number of amides is 2. The normalized spacial score (nSPS) is 18.1. The van der Waals surface area contributed by atoms with Crippen molar-refractivity contribution in [2.45, 2.75) is 156 Å². The summed E-state index contributed by atoms with van der Waals surface area (Å²) in [5, 5.41) is 5.96. The zero-order valence-corrected chi connectivity index (χ0v) is 43.6. The standard InChI is InChI=1S/C55H87N3O11/c1-11-55(35-61-29-41(5)67-32-44(8)64-26-38(2)56,36-62-30-42(6)68-33-45(9)65-27-39(3)57-53(59)22-14-47-12-16-49-18-20-51(49)24-47)37-63-31-43(7)69-34-46(10)66-28-40(4)58-54(60)23-15-48-13-17-50-19-21-52(50)25-48/h12-17,22-25,38-46H,11,18-21,26-37,56H2,1-10H3,(H,57,59)(H,58,60)/b22-14+,23-15+. The Morgan fingerprint density at radius 1 is 0.507 bits per heavy atom. The van der Waals surface area contributed by atoms with Gasteiger partial charge in [-0.3, -0.25) is 9.59 Å². The van der Waals surface area contributed by atoms with E-state index in [1.165, 1.54) is 22.3 Å². The molecule has 0 aromatic heterocycles. The minimum absolute atomic E-state index is 0.0330. The number of carbonyl (C=O) groups is 2. The molecule has 0 radical (unpaired) electrons. The van der Waals surface area contributed by atoms with E-state index in [4.69, 9.17) is 48.4 Å². The van der Waals surface area contributed by atoms with Crippen LogP contribution in [0.15, 0.2) is 48.6 Å². The first-order valence-corrected chi connectivity index (χ1v) is 25.4. The summed E-state index contributed by atoms with van der Waals surface area (Å²) in [6.07, 6.45) is 11.2. The van der Waals surface area contributed by atoms with E-state index in [1.807, 2.05) is 74.5 Å². The van der Waals surface area contributed by atoms with Gasteiger partial charge in [-0.25, -0.2) is 0 Å². The molecule has 2 aliphatic rings. The summed E-state index contributed by atoms with van der Waals surface area (Å²) in [4.78, 5) is 25.1. The molecular formula is C55H87N3O11. The van der Waals surface area contributed by atoms with Gasteiger partial charge < -0.3 is 59.0 Å². The summed E-state index contributed by atoms with van der Waals surface area (Å²) < 4.78 is 54.9. The average molecular weight is 966 g/mol. The zero-order valence-electron chi connectivity index (χ0n) is 43.6. The molecule has 9 atom stereocenters. The van der Waals surface area contributed by atoms with E-state index in [9.17, 15) is 9.59 Å². The van der Waals surface area contributed by atoms with E-state index in [1.54, 1.807) is 12.2 Å². The highest BCUT2D eigenvalue weighted by atomic mass is 16.6. The van der Waals surface area contributed by atoms with E-state index >= 15 is 0 Å². The van der Waals surface area contributed by atoms with Crippen molar-refractivity contribution < 1.29 is 52.2 Å². The molecule has 0 saturated carbocycles. The average Bonchev–Trinajstić information content (AvgIpc) is 3.29. The number of nitrogens with two attached hydrogens (primary N) is 1. The first kappa shape index (κ1) is 58.0. The fourth-order valence-corrected chi connectivity index (χ4v) is 7.52. The number of hydrogen-bond acceptors (Lipinski definition) is 12. The summed E-state index contributed by atoms with van der Waals surface area (Å²) >= 11 is 0. The molecule has 14 heteroatoms. The highest BCUT2D eigenvalue weighted by Gasteiger charge is 2.31. The van der Waals surface area contributed by atoms with Crippen LogP contribution in [0.2, 0.25) is 0 Å². The number of benzene rings is 2. The van der Waals surface area contributed by atoms with Crippen molar-refractivity contribution in [2.24, 2.45) is 11.1 Å². The van der Waals surface area contributed by atoms with E-state index in [-0.39, 0.29) is 66.6 Å². The lowest BCUT2D eigenvalue weighted by Crippen LogP contribution is -2.39. The van der Waals surface area contributed by atoms with Gasteiger partial charge in [-0.15, -0.1) is 0 Å². The quantitative estimate of drug-likeness (QED) is 0.0605. The molecule has 69 heavy (non-hydrogen) atoms. The van der Waals surface area contributed by atoms with E-state index in [0.717, 1.165) is 43.2 Å². The fourth-order valence-electron chi connectivity index (χ4n) is 7.52. The summed E-state index contributed by atoms with van der Waals surface area (Å²) in [5.74, 6) is -0.301. The zero-order chi connectivity index (χ0) is 50.2. The Labute approximate surface area is 414 Å². The van der Waals surface area contributed by atoms with Gasteiger partial charge >= 0.3 is 0 Å². The summed E-state index contributed by atoms with van der Waals surface area (Å²) in [6.45, 7) is 24.5. The number of hydrogen-bond donors (Lipinski definition) is 3. The highest BCUT2D eigenvalue weighted by Crippen LogP contribution is 2.26. The minimum atomic E-state index is -0.436. The molecule has 0 spiro atoms. The monoisotopic (exact) mass is 966 g/mol. The number of nitrogens with one attached hydrogen (secondary N) is 2. The molecule has 0 heterocycles. The van der Waals surface area contributed by atoms with Crippen LogP contribution in [0.5, 0.6) is 0 Å². The van der Waals surface area contributed by atoms with Gasteiger partial charge in [-0.05, 0) is 140 Å². The van der Waals surface area contributed by atoms with Crippen molar-refractivity contribution in [1.29, 1.82) is 0 Å². The lowest BCUT2D eigenvalue weighted by molar-refractivity contribution is -0.121. The van der Waals surface area contributed by atoms with Gasteiger partial charge in [0, 0.05) is 35.7 Å². The van der Waals surface area contributed by atoms with Gasteiger partial charge in [0.15, 0.2) is 0 Å². The first-order valence-electron chi connectivity index (χ1n) is 25.4. The van der Waals surface area contributed by atoms with E-state index in [2.05, 4.69) is 54.0 Å².